The molecule has 10 N–H and O–H groups in total. The molecule has 25 nitrogen and oxygen atoms in total. The molecule has 25 heteroatoms. The van der Waals surface area contributed by atoms with Gasteiger partial charge in [0.25, 0.3) is 23.6 Å². The number of carbonyl (C=O) groups excluding carboxylic acids is 4. The smallest absolute Gasteiger partial charge is 0.354 e. The minimum atomic E-state index is -1.21. The summed E-state index contributed by atoms with van der Waals surface area (Å²) in [5.74, 6) is -0.495. The maximum atomic E-state index is 12.7. The summed E-state index contributed by atoms with van der Waals surface area (Å²) in [5.41, 5.74) is 2.76. The molecule has 0 bridgehead atoms. The minimum absolute atomic E-state index is 0.00282. The first-order chi connectivity index (χ1) is 40.9. The van der Waals surface area contributed by atoms with E-state index in [0.717, 1.165) is 18.7 Å². The number of aromatic carboxylic acids is 1. The number of likely N-dealkylation sites (tertiary alicyclic amines) is 1. The third-order valence-electron chi connectivity index (χ3n) is 11.8. The zero-order chi connectivity index (χ0) is 61.8. The number of amidine groups is 3. The van der Waals surface area contributed by atoms with Crippen molar-refractivity contribution in [2.45, 2.75) is 60.6 Å². The number of carboxylic acids is 1. The molecule has 3 aromatic carbocycles. The highest BCUT2D eigenvalue weighted by molar-refractivity contribution is 6.13. The number of carbonyl (C=O) groups is 5. The number of amides is 4. The van der Waals surface area contributed by atoms with Crippen molar-refractivity contribution in [1.29, 1.82) is 16.2 Å². The molecule has 4 amide bonds. The van der Waals surface area contributed by atoms with Gasteiger partial charge in [0.05, 0.1) is 58.0 Å². The first kappa shape index (κ1) is 66.0. The molecule has 1 atom stereocenters. The first-order valence-electron chi connectivity index (χ1n) is 27.2. The van der Waals surface area contributed by atoms with Gasteiger partial charge in [-0.3, -0.25) is 50.3 Å². The van der Waals surface area contributed by atoms with Crippen molar-refractivity contribution in [3.05, 3.63) is 160 Å². The van der Waals surface area contributed by atoms with E-state index in [0.29, 0.717) is 109 Å². The fourth-order valence-corrected chi connectivity index (χ4v) is 7.93. The first-order valence-corrected chi connectivity index (χ1v) is 27.2. The average molecular weight is 1170 g/mol. The minimum Gasteiger partial charge on any atom is -0.490 e. The number of aliphatic hydroxyl groups excluding tert-OH is 2. The zero-order valence-electron chi connectivity index (χ0n) is 48.1. The van der Waals surface area contributed by atoms with Crippen LogP contribution in [0, 0.1) is 16.2 Å². The molecular formula is C60H71N11O14. The number of β-amino-alcohol motifs (C(OH)–C–C–N with tert-alkyl or cyclic N) is 1. The summed E-state index contributed by atoms with van der Waals surface area (Å²) >= 11 is 0. The molecule has 0 unspecified atom stereocenters. The summed E-state index contributed by atoms with van der Waals surface area (Å²) in [7, 11) is 0. The molecule has 450 valence electrons. The molecule has 4 heterocycles. The van der Waals surface area contributed by atoms with Crippen LogP contribution < -0.4 is 49.7 Å². The van der Waals surface area contributed by atoms with Crippen LogP contribution >= 0.6 is 0 Å². The van der Waals surface area contributed by atoms with Crippen molar-refractivity contribution >= 4 is 47.1 Å². The normalized spacial score (nSPS) is 12.3. The van der Waals surface area contributed by atoms with Gasteiger partial charge in [-0.1, -0.05) is 0 Å². The summed E-state index contributed by atoms with van der Waals surface area (Å²) in [6.45, 7) is 15.7. The molecule has 0 spiro atoms. The highest BCUT2D eigenvalue weighted by atomic mass is 16.5. The molecule has 0 aliphatic carbocycles. The number of hydrogen-bond acceptors (Lipinski definition) is 20. The Labute approximate surface area is 491 Å². The van der Waals surface area contributed by atoms with Crippen molar-refractivity contribution in [1.82, 2.24) is 41.1 Å². The molecule has 1 fully saturated rings. The van der Waals surface area contributed by atoms with Gasteiger partial charge in [-0.15, -0.1) is 0 Å². The number of nitrogens with one attached hydrogen (secondary N) is 7. The zero-order valence-corrected chi connectivity index (χ0v) is 48.1. The second kappa shape index (κ2) is 33.9. The van der Waals surface area contributed by atoms with E-state index < -0.39 is 29.6 Å². The van der Waals surface area contributed by atoms with Crippen LogP contribution in [0.3, 0.4) is 0 Å². The molecule has 85 heavy (non-hydrogen) atoms. The lowest BCUT2D eigenvalue weighted by atomic mass is 10.1. The van der Waals surface area contributed by atoms with Crippen molar-refractivity contribution in [2.24, 2.45) is 0 Å². The summed E-state index contributed by atoms with van der Waals surface area (Å²) in [4.78, 5) is 74.6. The number of benzene rings is 3. The highest BCUT2D eigenvalue weighted by Crippen LogP contribution is 2.31. The van der Waals surface area contributed by atoms with Crippen LogP contribution in [0.4, 0.5) is 0 Å². The Hall–Kier alpha value is -9.85. The van der Waals surface area contributed by atoms with Crippen molar-refractivity contribution < 1.29 is 67.7 Å². The van der Waals surface area contributed by atoms with Gasteiger partial charge in [0.1, 0.15) is 28.9 Å². The molecule has 0 radical (unpaired) electrons. The highest BCUT2D eigenvalue weighted by Gasteiger charge is 2.22. The number of aliphatic hydroxyl groups is 2. The Morgan fingerprint density at radius 2 is 0.882 bits per heavy atom. The number of hydrogen-bond donors (Lipinski definition) is 10. The lowest BCUT2D eigenvalue weighted by molar-refractivity contribution is 0.0689. The van der Waals surface area contributed by atoms with E-state index in [1.807, 2.05) is 41.5 Å². The van der Waals surface area contributed by atoms with Crippen molar-refractivity contribution in [3.63, 3.8) is 0 Å². The molecule has 1 aliphatic rings. The number of nitrogens with zero attached hydrogens (tertiary/aromatic N) is 4. The fraction of sp³-hybridized carbons (Fsp3) is 0.317. The summed E-state index contributed by atoms with van der Waals surface area (Å²) in [6, 6.07) is 23.5. The Kier molecular flexibility index (Phi) is 26.3. The second-order valence-electron chi connectivity index (χ2n) is 17.9. The molecular weight excluding hydrogens is 1100 g/mol. The van der Waals surface area contributed by atoms with Gasteiger partial charge in [0, 0.05) is 78.2 Å². The molecule has 1 saturated heterocycles. The van der Waals surface area contributed by atoms with Gasteiger partial charge in [-0.25, -0.2) is 9.78 Å². The Morgan fingerprint density at radius 1 is 0.506 bits per heavy atom. The summed E-state index contributed by atoms with van der Waals surface area (Å²) < 4.78 is 33.0. The van der Waals surface area contributed by atoms with E-state index in [1.165, 1.54) is 42.7 Å². The van der Waals surface area contributed by atoms with Crippen LogP contribution in [0.1, 0.15) is 122 Å². The van der Waals surface area contributed by atoms with E-state index in [-0.39, 0.29) is 59.3 Å². The van der Waals surface area contributed by atoms with Gasteiger partial charge in [0.15, 0.2) is 34.5 Å². The van der Waals surface area contributed by atoms with Gasteiger partial charge in [0.2, 0.25) is 0 Å². The van der Waals surface area contributed by atoms with Crippen LogP contribution in [0.15, 0.2) is 110 Å². The molecule has 3 aromatic heterocycles. The van der Waals surface area contributed by atoms with E-state index in [2.05, 4.69) is 41.1 Å². The number of pyridine rings is 3. The number of rotatable bonds is 24. The number of aromatic nitrogens is 3. The average Bonchev–Trinajstić information content (AvgIpc) is 4.11. The third kappa shape index (κ3) is 20.2. The van der Waals surface area contributed by atoms with Crippen LogP contribution in [0.25, 0.3) is 0 Å². The van der Waals surface area contributed by atoms with Crippen LogP contribution in [0.2, 0.25) is 0 Å². The van der Waals surface area contributed by atoms with Gasteiger partial charge >= 0.3 is 5.97 Å². The Balaban J connectivity index is 0.000000234. The van der Waals surface area contributed by atoms with Crippen molar-refractivity contribution in [3.8, 4) is 34.5 Å². The maximum Gasteiger partial charge on any atom is 0.354 e. The van der Waals surface area contributed by atoms with Crippen LogP contribution in [-0.4, -0.2) is 154 Å². The van der Waals surface area contributed by atoms with E-state index in [9.17, 15) is 29.1 Å². The molecule has 0 saturated carbocycles. The van der Waals surface area contributed by atoms with E-state index in [1.54, 1.807) is 66.9 Å². The Bertz CT molecular complexity index is 3310. The van der Waals surface area contributed by atoms with Crippen LogP contribution in [-0.2, 0) is 6.54 Å². The topological polar surface area (TPSA) is 363 Å². The fourth-order valence-electron chi connectivity index (χ4n) is 7.93. The van der Waals surface area contributed by atoms with Gasteiger partial charge in [-0.05, 0) is 139 Å². The predicted molar refractivity (Wildman–Crippen MR) is 314 cm³/mol. The third-order valence-corrected chi connectivity index (χ3v) is 11.8. The summed E-state index contributed by atoms with van der Waals surface area (Å²) in [6.07, 6.45) is 4.73. The monoisotopic (exact) mass is 1170 g/mol. The lowest BCUT2D eigenvalue weighted by Gasteiger charge is -2.15. The van der Waals surface area contributed by atoms with Crippen molar-refractivity contribution in [2.75, 3.05) is 65.9 Å². The largest absolute Gasteiger partial charge is 0.490 e. The quantitative estimate of drug-likeness (QED) is 0.0249. The van der Waals surface area contributed by atoms with Crippen LogP contribution in [0.5, 0.6) is 34.5 Å². The number of ether oxygens (including phenoxy) is 6. The predicted octanol–water partition coefficient (Wildman–Crippen LogP) is 5.89. The van der Waals surface area contributed by atoms with Gasteiger partial charge < -0.3 is 65.0 Å². The lowest BCUT2D eigenvalue weighted by Crippen LogP contribution is -2.31. The second-order valence-corrected chi connectivity index (χ2v) is 17.9. The summed E-state index contributed by atoms with van der Waals surface area (Å²) in [5, 5.41) is 61.8. The van der Waals surface area contributed by atoms with E-state index in [4.69, 9.17) is 54.9 Å². The molecule has 6 aromatic rings. The SMILES string of the molecule is CCOc1ccc(C(=O)NC(=N)c2ccnc(C(=O)NCCO)c2)cc1OCC.CCOc1ccc(C(=O)NC(=N)c2ccnc(C(=O)O)c2)cc1OCC.CCOc1ccc(C(=O)NC(=N)c2ccnc(CN3CC[C@@H](O)C3)c2)cc1OCC. The standard InChI is InChI=1S/C22H28N4O4.C20H24N4O5.C18H19N3O5/c1-3-29-19-6-5-16(12-20(19)30-4-2)22(28)25-21(23)15-7-9-24-17(11-15)13-26-10-8-18(27)14-26;1-3-28-16-6-5-14(12-17(16)29-4-2)19(26)24-18(21)13-7-8-22-15(11-13)20(27)23-9-10-25;1-3-25-14-6-5-12(10-15(14)26-4-2)17(22)21-16(19)11-7-8-20-13(9-11)18(23)24/h5-7,9,11-12,18,27H,3-4,8,10,13-14H2,1-2H3,(H2,23,25,28);5-8,11-12,25H,3-4,9-10H2,1-2H3,(H,23,27)(H2,21,24,26);5-10H,3-4H2,1-2H3,(H,23,24)(H2,19,21,22)/t18-;;/m1../s1. The Morgan fingerprint density at radius 3 is 1.26 bits per heavy atom. The van der Waals surface area contributed by atoms with E-state index >= 15 is 0 Å². The molecule has 7 rings (SSSR count). The number of carboxylic acid groups (broad SMARTS) is 1. The molecule has 1 aliphatic heterocycles. The van der Waals surface area contributed by atoms with Gasteiger partial charge in [-0.2, -0.15) is 0 Å². The maximum absolute atomic E-state index is 12.7.